The van der Waals surface area contributed by atoms with E-state index in [4.69, 9.17) is 9.26 Å². The van der Waals surface area contributed by atoms with E-state index in [1.165, 1.54) is 13.2 Å². The number of pyridine rings is 1. The van der Waals surface area contributed by atoms with Gasteiger partial charge in [0.15, 0.2) is 17.3 Å². The van der Waals surface area contributed by atoms with Crippen LogP contribution in [-0.4, -0.2) is 28.3 Å². The molecule has 2 aromatic heterocycles. The van der Waals surface area contributed by atoms with Crippen LogP contribution in [0.15, 0.2) is 89.5 Å². The number of carboxylic acids is 1. The third-order valence-electron chi connectivity index (χ3n) is 7.39. The fourth-order valence-corrected chi connectivity index (χ4v) is 4.96. The molecule has 0 spiro atoms. The monoisotopic (exact) mass is 535 g/mol. The van der Waals surface area contributed by atoms with Crippen molar-refractivity contribution in [2.45, 2.75) is 25.2 Å². The molecule has 0 atom stereocenters. The standard InChI is InChI=1S/C32H26FN3O4/c1-19-28(35-27-8-4-7-26(34-27)24-5-3-6-25(33)30(24)39-2)29(40-36-19)22-11-9-20(10-12-22)21-13-15-23(16-14-21)32(17-18-32)31(37)38/h3-16H,17-18H2,1-2H3,(H,34,35)(H,37,38). The Kier molecular flexibility index (Phi) is 6.30. The summed E-state index contributed by atoms with van der Waals surface area (Å²) in [6.45, 7) is 1.84. The van der Waals surface area contributed by atoms with Crippen molar-refractivity contribution in [3.8, 4) is 39.5 Å². The highest BCUT2D eigenvalue weighted by Crippen LogP contribution is 2.48. The molecule has 40 heavy (non-hydrogen) atoms. The van der Waals surface area contributed by atoms with Gasteiger partial charge in [-0.3, -0.25) is 4.79 Å². The van der Waals surface area contributed by atoms with Gasteiger partial charge < -0.3 is 19.7 Å². The maximum atomic E-state index is 14.3. The van der Waals surface area contributed by atoms with Crippen molar-refractivity contribution in [2.75, 3.05) is 12.4 Å². The number of nitrogens with one attached hydrogen (secondary N) is 1. The summed E-state index contributed by atoms with van der Waals surface area (Å²) in [7, 11) is 1.43. The lowest BCUT2D eigenvalue weighted by Gasteiger charge is -2.12. The lowest BCUT2D eigenvalue weighted by Crippen LogP contribution is -2.19. The number of halogens is 1. The number of hydrogen-bond donors (Lipinski definition) is 2. The van der Waals surface area contributed by atoms with Crippen LogP contribution in [0.4, 0.5) is 15.9 Å². The Morgan fingerprint density at radius 1 is 0.950 bits per heavy atom. The van der Waals surface area contributed by atoms with E-state index in [1.54, 1.807) is 18.2 Å². The molecule has 5 aromatic rings. The fourth-order valence-electron chi connectivity index (χ4n) is 4.96. The highest BCUT2D eigenvalue weighted by Gasteiger charge is 2.51. The van der Waals surface area contributed by atoms with E-state index in [0.717, 1.165) is 22.3 Å². The third-order valence-corrected chi connectivity index (χ3v) is 7.39. The van der Waals surface area contributed by atoms with Gasteiger partial charge in [0, 0.05) is 11.1 Å². The van der Waals surface area contributed by atoms with Crippen molar-refractivity contribution < 1.29 is 23.6 Å². The summed E-state index contributed by atoms with van der Waals surface area (Å²) in [6, 6.07) is 25.8. The van der Waals surface area contributed by atoms with Crippen molar-refractivity contribution in [1.82, 2.24) is 10.1 Å². The van der Waals surface area contributed by atoms with E-state index in [0.29, 0.717) is 47.1 Å². The molecule has 8 heteroatoms. The average molecular weight is 536 g/mol. The molecule has 3 aromatic carbocycles. The Bertz CT molecular complexity index is 1710. The van der Waals surface area contributed by atoms with Crippen molar-refractivity contribution in [3.63, 3.8) is 0 Å². The molecule has 0 aliphatic heterocycles. The molecule has 1 saturated carbocycles. The van der Waals surface area contributed by atoms with Gasteiger partial charge in [-0.1, -0.05) is 65.8 Å². The van der Waals surface area contributed by atoms with Crippen LogP contribution in [-0.2, 0) is 10.2 Å². The maximum absolute atomic E-state index is 14.3. The zero-order valence-electron chi connectivity index (χ0n) is 21.9. The van der Waals surface area contributed by atoms with Crippen LogP contribution in [0.5, 0.6) is 5.75 Å². The first-order valence-corrected chi connectivity index (χ1v) is 12.9. The van der Waals surface area contributed by atoms with E-state index >= 15 is 0 Å². The SMILES string of the molecule is COc1c(F)cccc1-c1cccc(Nc2c(C)noc2-c2ccc(-c3ccc(C4(C(=O)O)CC4)cc3)cc2)n1. The normalized spacial score (nSPS) is 13.6. The molecule has 2 N–H and O–H groups in total. The lowest BCUT2D eigenvalue weighted by atomic mass is 9.93. The summed E-state index contributed by atoms with van der Waals surface area (Å²) in [5, 5.41) is 17.0. The lowest BCUT2D eigenvalue weighted by molar-refractivity contribution is -0.140. The van der Waals surface area contributed by atoms with Crippen LogP contribution in [0, 0.1) is 12.7 Å². The number of carboxylic acid groups (broad SMARTS) is 1. The zero-order valence-corrected chi connectivity index (χ0v) is 21.9. The molecule has 2 heterocycles. The second kappa shape index (κ2) is 9.96. The third kappa shape index (κ3) is 4.47. The number of aromatic nitrogens is 2. The summed E-state index contributed by atoms with van der Waals surface area (Å²) in [5.74, 6) is 0.0309. The van der Waals surface area contributed by atoms with E-state index in [1.807, 2.05) is 67.6 Å². The molecule has 0 radical (unpaired) electrons. The van der Waals surface area contributed by atoms with Crippen LogP contribution in [0.25, 0.3) is 33.7 Å². The van der Waals surface area contributed by atoms with Crippen LogP contribution >= 0.6 is 0 Å². The van der Waals surface area contributed by atoms with Gasteiger partial charge in [-0.05, 0) is 60.7 Å². The predicted octanol–water partition coefficient (Wildman–Crippen LogP) is 7.39. The Hall–Kier alpha value is -4.98. The minimum atomic E-state index is -0.757. The van der Waals surface area contributed by atoms with E-state index < -0.39 is 17.2 Å². The Morgan fingerprint density at radius 3 is 2.25 bits per heavy atom. The molecular weight excluding hydrogens is 509 g/mol. The molecule has 7 nitrogen and oxygen atoms in total. The molecule has 0 amide bonds. The molecule has 6 rings (SSSR count). The van der Waals surface area contributed by atoms with Gasteiger partial charge in [-0.25, -0.2) is 9.37 Å². The first-order chi connectivity index (χ1) is 19.4. The molecule has 1 aliphatic carbocycles. The largest absolute Gasteiger partial charge is 0.493 e. The highest BCUT2D eigenvalue weighted by molar-refractivity contribution is 5.85. The fraction of sp³-hybridized carbons (Fsp3) is 0.156. The van der Waals surface area contributed by atoms with E-state index in [2.05, 4.69) is 15.5 Å². The van der Waals surface area contributed by atoms with Crippen LogP contribution in [0.3, 0.4) is 0 Å². The van der Waals surface area contributed by atoms with Gasteiger partial charge >= 0.3 is 5.97 Å². The molecule has 1 aliphatic rings. The van der Waals surface area contributed by atoms with Crippen molar-refractivity contribution in [1.29, 1.82) is 0 Å². The smallest absolute Gasteiger partial charge is 0.314 e. The molecule has 1 fully saturated rings. The Labute approximate surface area is 230 Å². The number of aliphatic carboxylic acids is 1. The zero-order chi connectivity index (χ0) is 27.9. The first-order valence-electron chi connectivity index (χ1n) is 12.9. The molecule has 0 bridgehead atoms. The van der Waals surface area contributed by atoms with Crippen molar-refractivity contribution in [2.24, 2.45) is 0 Å². The summed E-state index contributed by atoms with van der Waals surface area (Å²) >= 11 is 0. The van der Waals surface area contributed by atoms with Crippen molar-refractivity contribution >= 4 is 17.5 Å². The maximum Gasteiger partial charge on any atom is 0.314 e. The van der Waals surface area contributed by atoms with Crippen LogP contribution in [0.1, 0.15) is 24.1 Å². The van der Waals surface area contributed by atoms with Gasteiger partial charge in [-0.2, -0.15) is 0 Å². The summed E-state index contributed by atoms with van der Waals surface area (Å²) in [5.41, 5.74) is 5.41. The van der Waals surface area contributed by atoms with Gasteiger partial charge in [-0.15, -0.1) is 0 Å². The van der Waals surface area contributed by atoms with Gasteiger partial charge in [0.25, 0.3) is 0 Å². The number of methoxy groups -OCH3 is 1. The quantitative estimate of drug-likeness (QED) is 0.214. The first kappa shape index (κ1) is 25.3. The number of ether oxygens (including phenoxy) is 1. The van der Waals surface area contributed by atoms with Gasteiger partial charge in [0.05, 0.1) is 18.2 Å². The number of aryl methyl sites for hydroxylation is 1. The predicted molar refractivity (Wildman–Crippen MR) is 150 cm³/mol. The minimum Gasteiger partial charge on any atom is -0.493 e. The van der Waals surface area contributed by atoms with E-state index in [9.17, 15) is 14.3 Å². The van der Waals surface area contributed by atoms with E-state index in [-0.39, 0.29) is 5.75 Å². The number of carbonyl (C=O) groups is 1. The number of hydrogen-bond acceptors (Lipinski definition) is 6. The summed E-state index contributed by atoms with van der Waals surface area (Å²) in [6.07, 6.45) is 1.37. The number of rotatable bonds is 8. The number of nitrogens with zero attached hydrogens (tertiary/aromatic N) is 2. The van der Waals surface area contributed by atoms with Crippen LogP contribution in [0.2, 0.25) is 0 Å². The van der Waals surface area contributed by atoms with Crippen molar-refractivity contribution in [3.05, 3.63) is 102 Å². The number of benzene rings is 3. The highest BCUT2D eigenvalue weighted by atomic mass is 19.1. The Balaban J connectivity index is 1.25. The summed E-state index contributed by atoms with van der Waals surface area (Å²) < 4.78 is 25.2. The molecule has 0 unspecified atom stereocenters. The number of para-hydroxylation sites is 1. The second-order valence-electron chi connectivity index (χ2n) is 9.87. The molecule has 0 saturated heterocycles. The second-order valence-corrected chi connectivity index (χ2v) is 9.87. The minimum absolute atomic E-state index is 0.137. The van der Waals surface area contributed by atoms with Crippen LogP contribution < -0.4 is 10.1 Å². The van der Waals surface area contributed by atoms with Gasteiger partial charge in [0.2, 0.25) is 0 Å². The summed E-state index contributed by atoms with van der Waals surface area (Å²) in [4.78, 5) is 16.3. The molecule has 200 valence electrons. The topological polar surface area (TPSA) is 97.5 Å². The molecular formula is C32H26FN3O4. The Morgan fingerprint density at radius 2 is 1.60 bits per heavy atom. The number of anilines is 2. The van der Waals surface area contributed by atoms with Gasteiger partial charge in [0.1, 0.15) is 17.2 Å². The average Bonchev–Trinajstić information content (AvgIpc) is 3.72.